The number of carbonyl (C=O) groups is 2. The van der Waals surface area contributed by atoms with Crippen molar-refractivity contribution in [2.24, 2.45) is 0 Å². The Kier molecular flexibility index (Phi) is 6.32. The monoisotopic (exact) mass is 435 g/mol. The molecule has 0 fully saturated rings. The number of amides is 2. The molecule has 160 valence electrons. The maximum absolute atomic E-state index is 12.8. The second kappa shape index (κ2) is 9.31. The maximum Gasteiger partial charge on any atom is 0.265 e. The van der Waals surface area contributed by atoms with Crippen molar-refractivity contribution in [3.05, 3.63) is 58.4 Å². The Morgan fingerprint density at radius 2 is 2.06 bits per heavy atom. The van der Waals surface area contributed by atoms with Gasteiger partial charge in [0, 0.05) is 16.6 Å². The largest absolute Gasteiger partial charge is 0.482 e. The number of nitrogens with one attached hydrogen (secondary N) is 1. The van der Waals surface area contributed by atoms with Gasteiger partial charge >= 0.3 is 0 Å². The molecule has 0 atom stereocenters. The van der Waals surface area contributed by atoms with E-state index in [1.165, 1.54) is 4.90 Å². The number of rotatable bonds is 7. The molecule has 1 N–H and O–H groups in total. The smallest absolute Gasteiger partial charge is 0.265 e. The van der Waals surface area contributed by atoms with E-state index >= 15 is 0 Å². The number of fused-ring (bicyclic) bond motifs is 1. The summed E-state index contributed by atoms with van der Waals surface area (Å²) < 4.78 is 5.60. The minimum absolute atomic E-state index is 0.0746. The van der Waals surface area contributed by atoms with Gasteiger partial charge in [-0.25, -0.2) is 4.98 Å². The van der Waals surface area contributed by atoms with E-state index in [2.05, 4.69) is 12.2 Å². The molecule has 0 radical (unpaired) electrons. The number of aromatic nitrogens is 1. The molecule has 0 spiro atoms. The van der Waals surface area contributed by atoms with E-state index in [0.29, 0.717) is 11.4 Å². The molecule has 0 saturated heterocycles. The van der Waals surface area contributed by atoms with Crippen molar-refractivity contribution in [3.63, 3.8) is 0 Å². The number of thiazole rings is 1. The van der Waals surface area contributed by atoms with Crippen LogP contribution in [0.5, 0.6) is 5.75 Å². The maximum atomic E-state index is 12.8. The van der Waals surface area contributed by atoms with Gasteiger partial charge in [0.2, 0.25) is 5.91 Å². The van der Waals surface area contributed by atoms with Gasteiger partial charge in [-0.1, -0.05) is 32.0 Å². The molecule has 1 aromatic heterocycles. The van der Waals surface area contributed by atoms with Crippen LogP contribution in [0.1, 0.15) is 30.8 Å². The molecule has 0 aliphatic carbocycles. The number of hydrogen-bond acceptors (Lipinski definition) is 5. The van der Waals surface area contributed by atoms with Crippen LogP contribution in [0.3, 0.4) is 0 Å². The van der Waals surface area contributed by atoms with Crippen LogP contribution in [0.15, 0.2) is 47.8 Å². The van der Waals surface area contributed by atoms with Crippen molar-refractivity contribution in [1.29, 1.82) is 0 Å². The van der Waals surface area contributed by atoms with E-state index in [4.69, 9.17) is 9.72 Å². The van der Waals surface area contributed by atoms with Gasteiger partial charge in [0.1, 0.15) is 12.3 Å². The van der Waals surface area contributed by atoms with Gasteiger partial charge in [-0.05, 0) is 49.1 Å². The molecule has 1 aliphatic heterocycles. The molecule has 0 unspecified atom stereocenters. The molecule has 4 rings (SSSR count). The molecular weight excluding hydrogens is 410 g/mol. The highest BCUT2D eigenvalue weighted by atomic mass is 32.1. The van der Waals surface area contributed by atoms with Crippen molar-refractivity contribution in [1.82, 2.24) is 4.98 Å². The SMILES string of the molecule is CCCc1nc(-c2ccc3c(c2)N(CC(=O)Nc2ccccc2CC)C(=O)CO3)cs1. The van der Waals surface area contributed by atoms with Crippen molar-refractivity contribution in [2.45, 2.75) is 33.1 Å². The van der Waals surface area contributed by atoms with Crippen LogP contribution in [-0.2, 0) is 22.4 Å². The third kappa shape index (κ3) is 4.61. The van der Waals surface area contributed by atoms with E-state index in [1.807, 2.05) is 54.8 Å². The third-order valence-electron chi connectivity index (χ3n) is 5.19. The Bertz CT molecular complexity index is 1110. The Balaban J connectivity index is 1.57. The first-order valence-electron chi connectivity index (χ1n) is 10.5. The minimum Gasteiger partial charge on any atom is -0.482 e. The molecule has 7 heteroatoms. The fourth-order valence-electron chi connectivity index (χ4n) is 3.59. The second-order valence-corrected chi connectivity index (χ2v) is 8.33. The highest BCUT2D eigenvalue weighted by Gasteiger charge is 2.28. The van der Waals surface area contributed by atoms with Gasteiger partial charge in [-0.3, -0.25) is 14.5 Å². The molecule has 3 aromatic rings. The molecule has 1 aliphatic rings. The molecule has 0 bridgehead atoms. The summed E-state index contributed by atoms with van der Waals surface area (Å²) in [5.41, 5.74) is 4.19. The topological polar surface area (TPSA) is 71.5 Å². The summed E-state index contributed by atoms with van der Waals surface area (Å²) in [4.78, 5) is 31.6. The lowest BCUT2D eigenvalue weighted by Crippen LogP contribution is -2.43. The first kappa shape index (κ1) is 21.1. The molecule has 2 heterocycles. The van der Waals surface area contributed by atoms with Gasteiger partial charge in [-0.15, -0.1) is 11.3 Å². The summed E-state index contributed by atoms with van der Waals surface area (Å²) in [6.45, 7) is 4.01. The molecule has 2 aromatic carbocycles. The normalized spacial score (nSPS) is 13.0. The van der Waals surface area contributed by atoms with Crippen molar-refractivity contribution < 1.29 is 14.3 Å². The molecular formula is C24H25N3O3S. The zero-order valence-corrected chi connectivity index (χ0v) is 18.5. The highest BCUT2D eigenvalue weighted by Crippen LogP contribution is 2.36. The van der Waals surface area contributed by atoms with Crippen LogP contribution in [0.25, 0.3) is 11.3 Å². The van der Waals surface area contributed by atoms with E-state index in [9.17, 15) is 9.59 Å². The number of benzene rings is 2. The van der Waals surface area contributed by atoms with Crippen molar-refractivity contribution in [2.75, 3.05) is 23.4 Å². The van der Waals surface area contributed by atoms with Gasteiger partial charge in [0.15, 0.2) is 6.61 Å². The van der Waals surface area contributed by atoms with Gasteiger partial charge in [-0.2, -0.15) is 0 Å². The standard InChI is InChI=1S/C24H25N3O3S/c1-3-7-23-26-19(15-31-23)17-10-11-21-20(12-17)27(24(29)14-30-21)13-22(28)25-18-9-6-5-8-16(18)4-2/h5-6,8-12,15H,3-4,7,13-14H2,1-2H3,(H,25,28). The van der Waals surface area contributed by atoms with Gasteiger partial charge in [0.25, 0.3) is 5.91 Å². The lowest BCUT2D eigenvalue weighted by molar-refractivity contribution is -0.123. The fraction of sp³-hybridized carbons (Fsp3) is 0.292. The van der Waals surface area contributed by atoms with E-state index in [-0.39, 0.29) is 25.0 Å². The Morgan fingerprint density at radius 1 is 1.23 bits per heavy atom. The van der Waals surface area contributed by atoms with Gasteiger partial charge < -0.3 is 10.1 Å². The Labute approximate surface area is 185 Å². The summed E-state index contributed by atoms with van der Waals surface area (Å²) in [6.07, 6.45) is 2.80. The van der Waals surface area contributed by atoms with Gasteiger partial charge in [0.05, 0.1) is 16.4 Å². The lowest BCUT2D eigenvalue weighted by atomic mass is 10.1. The molecule has 6 nitrogen and oxygen atoms in total. The summed E-state index contributed by atoms with van der Waals surface area (Å²) in [5.74, 6) is 0.106. The first-order valence-corrected chi connectivity index (χ1v) is 11.4. The number of ether oxygens (including phenoxy) is 1. The van der Waals surface area contributed by atoms with Crippen LogP contribution >= 0.6 is 11.3 Å². The molecule has 0 saturated carbocycles. The van der Waals surface area contributed by atoms with E-state index < -0.39 is 0 Å². The minimum atomic E-state index is -0.244. The number of anilines is 2. The second-order valence-electron chi connectivity index (χ2n) is 7.39. The number of nitrogens with zero attached hydrogens (tertiary/aromatic N) is 2. The Hall–Kier alpha value is -3.19. The van der Waals surface area contributed by atoms with Crippen LogP contribution in [0.2, 0.25) is 0 Å². The average Bonchev–Trinajstić information content (AvgIpc) is 3.25. The third-order valence-corrected chi connectivity index (χ3v) is 6.10. The predicted octanol–water partition coefficient (Wildman–Crippen LogP) is 4.69. The lowest BCUT2D eigenvalue weighted by Gasteiger charge is -2.29. The van der Waals surface area contributed by atoms with Crippen LogP contribution < -0.4 is 15.0 Å². The zero-order chi connectivity index (χ0) is 21.8. The van der Waals surface area contributed by atoms with Crippen molar-refractivity contribution >= 4 is 34.5 Å². The van der Waals surface area contributed by atoms with Crippen LogP contribution in [0, 0.1) is 0 Å². The average molecular weight is 436 g/mol. The summed E-state index contributed by atoms with van der Waals surface area (Å²) in [5, 5.41) is 6.06. The highest BCUT2D eigenvalue weighted by molar-refractivity contribution is 7.09. The van der Waals surface area contributed by atoms with E-state index in [1.54, 1.807) is 11.3 Å². The van der Waals surface area contributed by atoms with E-state index in [0.717, 1.165) is 46.8 Å². The number of para-hydroxylation sites is 1. The first-order chi connectivity index (χ1) is 15.1. The number of aryl methyl sites for hydroxylation is 2. The number of hydrogen-bond donors (Lipinski definition) is 1. The van der Waals surface area contributed by atoms with Crippen molar-refractivity contribution in [3.8, 4) is 17.0 Å². The summed E-state index contributed by atoms with van der Waals surface area (Å²) in [7, 11) is 0. The summed E-state index contributed by atoms with van der Waals surface area (Å²) in [6, 6.07) is 13.4. The number of carbonyl (C=O) groups excluding carboxylic acids is 2. The van der Waals surface area contributed by atoms with Crippen LogP contribution in [-0.4, -0.2) is 29.9 Å². The fourth-order valence-corrected chi connectivity index (χ4v) is 4.50. The molecule has 2 amide bonds. The predicted molar refractivity (Wildman–Crippen MR) is 124 cm³/mol. The quantitative estimate of drug-likeness (QED) is 0.584. The molecule has 31 heavy (non-hydrogen) atoms. The van der Waals surface area contributed by atoms with Crippen LogP contribution in [0.4, 0.5) is 11.4 Å². The Morgan fingerprint density at radius 3 is 2.87 bits per heavy atom. The summed E-state index contributed by atoms with van der Waals surface area (Å²) >= 11 is 1.64. The zero-order valence-electron chi connectivity index (χ0n) is 17.7.